The van der Waals surface area contributed by atoms with E-state index in [2.05, 4.69) is 0 Å². The number of hydrogen-bond donors (Lipinski definition) is 2. The van der Waals surface area contributed by atoms with E-state index in [-0.39, 0.29) is 24.1 Å². The first kappa shape index (κ1) is 12.8. The molecule has 1 heterocycles. The summed E-state index contributed by atoms with van der Waals surface area (Å²) in [7, 11) is 0. The molecule has 4 heteroatoms. The number of aliphatic hydroxyl groups excluding tert-OH is 1. The molecular weight excluding hydrogens is 216 g/mol. The first-order valence-corrected chi connectivity index (χ1v) is 6.82. The molecule has 0 aromatic heterocycles. The van der Waals surface area contributed by atoms with E-state index in [0.29, 0.717) is 12.3 Å². The zero-order valence-electron chi connectivity index (χ0n) is 10.6. The van der Waals surface area contributed by atoms with Crippen LogP contribution in [0.5, 0.6) is 0 Å². The predicted molar refractivity (Wildman–Crippen MR) is 66.3 cm³/mol. The van der Waals surface area contributed by atoms with E-state index in [1.807, 2.05) is 4.90 Å². The molecule has 98 valence electrons. The fourth-order valence-corrected chi connectivity index (χ4v) is 2.79. The van der Waals surface area contributed by atoms with Crippen molar-refractivity contribution in [3.05, 3.63) is 0 Å². The number of hydrogen-bond acceptors (Lipinski definition) is 3. The molecule has 17 heavy (non-hydrogen) atoms. The van der Waals surface area contributed by atoms with Gasteiger partial charge in [-0.05, 0) is 38.5 Å². The summed E-state index contributed by atoms with van der Waals surface area (Å²) in [5.74, 6) is 0.784. The highest BCUT2D eigenvalue weighted by atomic mass is 16.3. The molecule has 0 aromatic carbocycles. The molecule has 0 bridgehead atoms. The summed E-state index contributed by atoms with van der Waals surface area (Å²) in [5.41, 5.74) is 5.98. The third kappa shape index (κ3) is 3.42. The first-order chi connectivity index (χ1) is 8.08. The van der Waals surface area contributed by atoms with Crippen LogP contribution in [0.1, 0.15) is 45.4 Å². The van der Waals surface area contributed by atoms with Gasteiger partial charge in [0.2, 0.25) is 5.91 Å². The third-order valence-corrected chi connectivity index (χ3v) is 3.87. The van der Waals surface area contributed by atoms with Gasteiger partial charge in [-0.1, -0.05) is 12.8 Å². The number of likely N-dealkylation sites (tertiary alicyclic amines) is 1. The van der Waals surface area contributed by atoms with Gasteiger partial charge in [0.05, 0.1) is 12.1 Å². The van der Waals surface area contributed by atoms with E-state index in [1.165, 1.54) is 12.8 Å². The maximum atomic E-state index is 12.2. The second kappa shape index (κ2) is 5.36. The minimum atomic E-state index is -0.340. The highest BCUT2D eigenvalue weighted by Gasteiger charge is 2.34. The van der Waals surface area contributed by atoms with Crippen LogP contribution in [-0.4, -0.2) is 40.6 Å². The van der Waals surface area contributed by atoms with Crippen LogP contribution in [-0.2, 0) is 4.79 Å². The summed E-state index contributed by atoms with van der Waals surface area (Å²) < 4.78 is 0. The lowest BCUT2D eigenvalue weighted by Crippen LogP contribution is -2.46. The standard InChI is InChI=1S/C13H24N2O2/c1-9(16)7-11-3-2-6-15(11)13(17)12(14)8-10-4-5-10/h9-12,16H,2-8,14H2,1H3. The van der Waals surface area contributed by atoms with Crippen LogP contribution in [0.4, 0.5) is 0 Å². The molecule has 1 amide bonds. The topological polar surface area (TPSA) is 66.6 Å². The van der Waals surface area contributed by atoms with Crippen LogP contribution >= 0.6 is 0 Å². The van der Waals surface area contributed by atoms with Gasteiger partial charge in [-0.3, -0.25) is 4.79 Å². The van der Waals surface area contributed by atoms with Crippen molar-refractivity contribution in [2.24, 2.45) is 11.7 Å². The SMILES string of the molecule is CC(O)CC1CCCN1C(=O)C(N)CC1CC1. The molecule has 1 saturated carbocycles. The van der Waals surface area contributed by atoms with Crippen molar-refractivity contribution in [2.75, 3.05) is 6.54 Å². The molecule has 0 aromatic rings. The summed E-state index contributed by atoms with van der Waals surface area (Å²) >= 11 is 0. The molecular formula is C13H24N2O2. The molecule has 2 aliphatic rings. The van der Waals surface area contributed by atoms with E-state index < -0.39 is 0 Å². The van der Waals surface area contributed by atoms with Crippen LogP contribution < -0.4 is 5.73 Å². The molecule has 3 unspecified atom stereocenters. The number of carbonyl (C=O) groups is 1. The molecule has 3 atom stereocenters. The minimum absolute atomic E-state index is 0.0973. The number of nitrogens with zero attached hydrogens (tertiary/aromatic N) is 1. The summed E-state index contributed by atoms with van der Waals surface area (Å²) in [6.07, 6.45) is 5.70. The Kier molecular flexibility index (Phi) is 4.05. The fourth-order valence-electron chi connectivity index (χ4n) is 2.79. The third-order valence-electron chi connectivity index (χ3n) is 3.87. The Labute approximate surface area is 103 Å². The van der Waals surface area contributed by atoms with Crippen molar-refractivity contribution in [1.29, 1.82) is 0 Å². The Balaban J connectivity index is 1.87. The lowest BCUT2D eigenvalue weighted by atomic mass is 10.1. The average Bonchev–Trinajstić information content (AvgIpc) is 2.95. The van der Waals surface area contributed by atoms with Crippen LogP contribution in [0, 0.1) is 5.92 Å². The molecule has 1 aliphatic heterocycles. The van der Waals surface area contributed by atoms with Gasteiger partial charge in [0.25, 0.3) is 0 Å². The fraction of sp³-hybridized carbons (Fsp3) is 0.923. The number of amides is 1. The van der Waals surface area contributed by atoms with Gasteiger partial charge in [0.15, 0.2) is 0 Å². The summed E-state index contributed by atoms with van der Waals surface area (Å²) in [6.45, 7) is 2.60. The van der Waals surface area contributed by atoms with E-state index in [0.717, 1.165) is 25.8 Å². The van der Waals surface area contributed by atoms with Gasteiger partial charge in [-0.15, -0.1) is 0 Å². The average molecular weight is 240 g/mol. The summed E-state index contributed by atoms with van der Waals surface area (Å²) in [4.78, 5) is 14.1. The summed E-state index contributed by atoms with van der Waals surface area (Å²) in [5, 5.41) is 9.44. The number of aliphatic hydroxyl groups is 1. The monoisotopic (exact) mass is 240 g/mol. The molecule has 4 nitrogen and oxygen atoms in total. The molecule has 2 fully saturated rings. The second-order valence-electron chi connectivity index (χ2n) is 5.70. The zero-order chi connectivity index (χ0) is 12.4. The van der Waals surface area contributed by atoms with E-state index in [1.54, 1.807) is 6.92 Å². The van der Waals surface area contributed by atoms with Crippen molar-refractivity contribution in [1.82, 2.24) is 4.90 Å². The van der Waals surface area contributed by atoms with Crippen molar-refractivity contribution in [3.63, 3.8) is 0 Å². The highest BCUT2D eigenvalue weighted by molar-refractivity contribution is 5.82. The lowest BCUT2D eigenvalue weighted by molar-refractivity contribution is -0.134. The number of nitrogens with two attached hydrogens (primary N) is 1. The van der Waals surface area contributed by atoms with E-state index >= 15 is 0 Å². The quantitative estimate of drug-likeness (QED) is 0.749. The smallest absolute Gasteiger partial charge is 0.239 e. The Morgan fingerprint density at radius 2 is 2.12 bits per heavy atom. The normalized spacial score (nSPS) is 28.2. The Hall–Kier alpha value is -0.610. The largest absolute Gasteiger partial charge is 0.393 e. The summed E-state index contributed by atoms with van der Waals surface area (Å²) in [6, 6.07) is -0.121. The predicted octanol–water partition coefficient (Wildman–Crippen LogP) is 0.876. The minimum Gasteiger partial charge on any atom is -0.393 e. The highest BCUT2D eigenvalue weighted by Crippen LogP contribution is 2.34. The lowest BCUT2D eigenvalue weighted by Gasteiger charge is -2.28. The van der Waals surface area contributed by atoms with Gasteiger partial charge in [-0.2, -0.15) is 0 Å². The maximum Gasteiger partial charge on any atom is 0.239 e. The molecule has 1 saturated heterocycles. The molecule has 3 N–H and O–H groups in total. The Bertz CT molecular complexity index is 277. The van der Waals surface area contributed by atoms with Crippen LogP contribution in [0.15, 0.2) is 0 Å². The molecule has 2 rings (SSSR count). The number of rotatable bonds is 5. The van der Waals surface area contributed by atoms with Gasteiger partial charge < -0.3 is 15.7 Å². The molecule has 0 radical (unpaired) electrons. The van der Waals surface area contributed by atoms with Gasteiger partial charge in [0.1, 0.15) is 0 Å². The second-order valence-corrected chi connectivity index (χ2v) is 5.70. The van der Waals surface area contributed by atoms with Crippen molar-refractivity contribution >= 4 is 5.91 Å². The first-order valence-electron chi connectivity index (χ1n) is 6.82. The molecule has 1 aliphatic carbocycles. The number of carbonyl (C=O) groups excluding carboxylic acids is 1. The van der Waals surface area contributed by atoms with Crippen molar-refractivity contribution in [2.45, 2.75) is 63.6 Å². The van der Waals surface area contributed by atoms with Gasteiger partial charge in [-0.25, -0.2) is 0 Å². The van der Waals surface area contributed by atoms with E-state index in [4.69, 9.17) is 5.73 Å². The van der Waals surface area contributed by atoms with Crippen molar-refractivity contribution < 1.29 is 9.90 Å². The van der Waals surface area contributed by atoms with Crippen LogP contribution in [0.2, 0.25) is 0 Å². The zero-order valence-corrected chi connectivity index (χ0v) is 10.6. The van der Waals surface area contributed by atoms with Gasteiger partial charge in [0, 0.05) is 12.6 Å². The molecule has 0 spiro atoms. The van der Waals surface area contributed by atoms with Crippen LogP contribution in [0.25, 0.3) is 0 Å². The Morgan fingerprint density at radius 1 is 1.41 bits per heavy atom. The van der Waals surface area contributed by atoms with E-state index in [9.17, 15) is 9.90 Å². The Morgan fingerprint density at radius 3 is 2.71 bits per heavy atom. The maximum absolute atomic E-state index is 12.2. The van der Waals surface area contributed by atoms with Gasteiger partial charge >= 0.3 is 0 Å². The van der Waals surface area contributed by atoms with Crippen LogP contribution in [0.3, 0.4) is 0 Å². The van der Waals surface area contributed by atoms with Crippen molar-refractivity contribution in [3.8, 4) is 0 Å².